The SMILES string of the molecule is CN(C[C@@H](O)CC(F)(F)F)[C@H]1CCCN(c2ccccc2)C1=O. The minimum Gasteiger partial charge on any atom is -0.391 e. The summed E-state index contributed by atoms with van der Waals surface area (Å²) in [5.41, 5.74) is 0.784. The van der Waals surface area contributed by atoms with Crippen LogP contribution in [0.2, 0.25) is 0 Å². The average molecular weight is 330 g/mol. The fourth-order valence-electron chi connectivity index (χ4n) is 2.92. The highest BCUT2D eigenvalue weighted by molar-refractivity contribution is 5.97. The highest BCUT2D eigenvalue weighted by atomic mass is 19.4. The lowest BCUT2D eigenvalue weighted by molar-refractivity contribution is -0.155. The number of aliphatic hydroxyl groups is 1. The fraction of sp³-hybridized carbons (Fsp3) is 0.562. The Morgan fingerprint density at radius 2 is 2.00 bits per heavy atom. The highest BCUT2D eigenvalue weighted by Gasteiger charge is 2.35. The summed E-state index contributed by atoms with van der Waals surface area (Å²) in [7, 11) is 1.58. The number of aliphatic hydroxyl groups excluding tert-OH is 1. The zero-order chi connectivity index (χ0) is 17.0. The molecule has 128 valence electrons. The predicted molar refractivity (Wildman–Crippen MR) is 81.1 cm³/mol. The second-order valence-electron chi connectivity index (χ2n) is 5.90. The number of halogens is 3. The largest absolute Gasteiger partial charge is 0.391 e. The maximum absolute atomic E-state index is 12.6. The summed E-state index contributed by atoms with van der Waals surface area (Å²) in [6.45, 7) is 0.414. The molecule has 1 aromatic rings. The third-order valence-corrected chi connectivity index (χ3v) is 3.98. The summed E-state index contributed by atoms with van der Waals surface area (Å²) in [6, 6.07) is 8.69. The Hall–Kier alpha value is -1.60. The lowest BCUT2D eigenvalue weighted by atomic mass is 10.0. The van der Waals surface area contributed by atoms with E-state index >= 15 is 0 Å². The molecule has 2 atom stereocenters. The molecule has 0 saturated carbocycles. The standard InChI is InChI=1S/C16H21F3N2O2/c1-20(11-13(22)10-16(17,18)19)14-8-5-9-21(15(14)23)12-6-3-2-4-7-12/h2-4,6-7,13-14,22H,5,8-11H2,1H3/t13-,14-/m0/s1. The molecule has 2 rings (SSSR count). The van der Waals surface area contributed by atoms with Gasteiger partial charge in [0.1, 0.15) is 0 Å². The van der Waals surface area contributed by atoms with Crippen LogP contribution in [0.3, 0.4) is 0 Å². The van der Waals surface area contributed by atoms with Gasteiger partial charge < -0.3 is 10.0 Å². The van der Waals surface area contributed by atoms with Crippen LogP contribution in [-0.2, 0) is 4.79 Å². The summed E-state index contributed by atoms with van der Waals surface area (Å²) < 4.78 is 36.9. The van der Waals surface area contributed by atoms with Gasteiger partial charge in [0, 0.05) is 18.8 Å². The second kappa shape index (κ2) is 7.31. The molecule has 0 aliphatic carbocycles. The lowest BCUT2D eigenvalue weighted by Crippen LogP contribution is -2.53. The molecule has 0 radical (unpaired) electrons. The van der Waals surface area contributed by atoms with Gasteiger partial charge in [-0.3, -0.25) is 9.69 Å². The number of rotatable bonds is 5. The van der Waals surface area contributed by atoms with Crippen molar-refractivity contribution in [2.75, 3.05) is 25.0 Å². The van der Waals surface area contributed by atoms with E-state index in [1.54, 1.807) is 11.9 Å². The van der Waals surface area contributed by atoms with E-state index in [2.05, 4.69) is 0 Å². The van der Waals surface area contributed by atoms with Gasteiger partial charge in [-0.25, -0.2) is 0 Å². The van der Waals surface area contributed by atoms with E-state index in [9.17, 15) is 23.1 Å². The predicted octanol–water partition coefficient (Wildman–Crippen LogP) is 2.43. The van der Waals surface area contributed by atoms with Gasteiger partial charge in [0.2, 0.25) is 5.91 Å². The molecule has 7 heteroatoms. The number of carbonyl (C=O) groups excluding carboxylic acids is 1. The summed E-state index contributed by atoms with van der Waals surface area (Å²) in [4.78, 5) is 15.8. The molecule has 0 bridgehead atoms. The average Bonchev–Trinajstić information content (AvgIpc) is 2.46. The van der Waals surface area contributed by atoms with Gasteiger partial charge in [-0.15, -0.1) is 0 Å². The number of hydrogen-bond acceptors (Lipinski definition) is 3. The summed E-state index contributed by atoms with van der Waals surface area (Å²) in [5.74, 6) is -0.135. The van der Waals surface area contributed by atoms with E-state index in [0.717, 1.165) is 12.1 Å². The normalized spacial score (nSPS) is 20.9. The van der Waals surface area contributed by atoms with Crippen molar-refractivity contribution in [1.82, 2.24) is 4.90 Å². The number of benzene rings is 1. The number of carbonyl (C=O) groups is 1. The quantitative estimate of drug-likeness (QED) is 0.902. The Morgan fingerprint density at radius 1 is 1.35 bits per heavy atom. The molecular formula is C16H21F3N2O2. The van der Waals surface area contributed by atoms with Crippen LogP contribution in [0, 0.1) is 0 Å². The maximum Gasteiger partial charge on any atom is 0.391 e. The molecule has 1 aliphatic heterocycles. The van der Waals surface area contributed by atoms with E-state index in [1.807, 2.05) is 30.3 Å². The van der Waals surface area contributed by atoms with E-state index in [4.69, 9.17) is 0 Å². The molecule has 1 fully saturated rings. The van der Waals surface area contributed by atoms with Gasteiger partial charge in [-0.1, -0.05) is 18.2 Å². The molecular weight excluding hydrogens is 309 g/mol. The van der Waals surface area contributed by atoms with Crippen LogP contribution in [-0.4, -0.2) is 54.4 Å². The van der Waals surface area contributed by atoms with Crippen LogP contribution in [0.1, 0.15) is 19.3 Å². The lowest BCUT2D eigenvalue weighted by Gasteiger charge is -2.37. The first kappa shape index (κ1) is 17.7. The van der Waals surface area contributed by atoms with Crippen LogP contribution in [0.15, 0.2) is 30.3 Å². The van der Waals surface area contributed by atoms with Crippen molar-refractivity contribution in [1.29, 1.82) is 0 Å². The van der Waals surface area contributed by atoms with Crippen molar-refractivity contribution in [2.24, 2.45) is 0 Å². The minimum atomic E-state index is -4.41. The number of alkyl halides is 3. The van der Waals surface area contributed by atoms with E-state index < -0.39 is 24.7 Å². The summed E-state index contributed by atoms with van der Waals surface area (Å²) in [5, 5.41) is 9.57. The second-order valence-corrected chi connectivity index (χ2v) is 5.90. The zero-order valence-electron chi connectivity index (χ0n) is 13.0. The van der Waals surface area contributed by atoms with E-state index in [1.165, 1.54) is 4.90 Å². The summed E-state index contributed by atoms with van der Waals surface area (Å²) >= 11 is 0. The summed E-state index contributed by atoms with van der Waals surface area (Å²) in [6.07, 6.45) is -5.85. The minimum absolute atomic E-state index is 0.135. The topological polar surface area (TPSA) is 43.8 Å². The first-order valence-electron chi connectivity index (χ1n) is 7.59. The van der Waals surface area contributed by atoms with Gasteiger partial charge in [0.15, 0.2) is 0 Å². The van der Waals surface area contributed by atoms with Crippen LogP contribution in [0.4, 0.5) is 18.9 Å². The monoisotopic (exact) mass is 330 g/mol. The first-order valence-corrected chi connectivity index (χ1v) is 7.59. The molecule has 1 amide bonds. The molecule has 0 spiro atoms. The number of nitrogens with zero attached hydrogens (tertiary/aromatic N) is 2. The van der Waals surface area contributed by atoms with Crippen molar-refractivity contribution in [3.05, 3.63) is 30.3 Å². The number of para-hydroxylation sites is 1. The van der Waals surface area contributed by atoms with Crippen molar-refractivity contribution < 1.29 is 23.1 Å². The number of amides is 1. The highest BCUT2D eigenvalue weighted by Crippen LogP contribution is 2.25. The Labute approximate surface area is 133 Å². The molecule has 1 N–H and O–H groups in total. The molecule has 4 nitrogen and oxygen atoms in total. The van der Waals surface area contributed by atoms with E-state index in [0.29, 0.717) is 13.0 Å². The Balaban J connectivity index is 2.00. The van der Waals surface area contributed by atoms with Crippen LogP contribution in [0.5, 0.6) is 0 Å². The van der Waals surface area contributed by atoms with Gasteiger partial charge in [-0.2, -0.15) is 13.2 Å². The first-order chi connectivity index (χ1) is 10.8. The molecule has 1 aromatic carbocycles. The number of anilines is 1. The third kappa shape index (κ3) is 4.94. The van der Waals surface area contributed by atoms with Crippen LogP contribution in [0.25, 0.3) is 0 Å². The number of likely N-dealkylation sites (N-methyl/N-ethyl adjacent to an activating group) is 1. The Morgan fingerprint density at radius 3 is 2.61 bits per heavy atom. The van der Waals surface area contributed by atoms with Gasteiger partial charge in [0.25, 0.3) is 0 Å². The van der Waals surface area contributed by atoms with Crippen LogP contribution < -0.4 is 4.90 Å². The van der Waals surface area contributed by atoms with Gasteiger partial charge in [-0.05, 0) is 32.0 Å². The fourth-order valence-corrected chi connectivity index (χ4v) is 2.92. The third-order valence-electron chi connectivity index (χ3n) is 3.98. The van der Waals surface area contributed by atoms with Gasteiger partial charge >= 0.3 is 6.18 Å². The van der Waals surface area contributed by atoms with Crippen molar-refractivity contribution in [2.45, 2.75) is 37.6 Å². The maximum atomic E-state index is 12.6. The Bertz CT molecular complexity index is 522. The molecule has 23 heavy (non-hydrogen) atoms. The molecule has 1 heterocycles. The Kier molecular flexibility index (Phi) is 5.64. The van der Waals surface area contributed by atoms with E-state index in [-0.39, 0.29) is 12.5 Å². The smallest absolute Gasteiger partial charge is 0.391 e. The number of piperidine rings is 1. The molecule has 0 aromatic heterocycles. The van der Waals surface area contributed by atoms with Crippen molar-refractivity contribution in [3.63, 3.8) is 0 Å². The number of hydrogen-bond donors (Lipinski definition) is 1. The molecule has 1 saturated heterocycles. The van der Waals surface area contributed by atoms with Crippen LogP contribution >= 0.6 is 0 Å². The molecule has 0 unspecified atom stereocenters. The van der Waals surface area contributed by atoms with Crippen molar-refractivity contribution in [3.8, 4) is 0 Å². The zero-order valence-corrected chi connectivity index (χ0v) is 13.0. The van der Waals surface area contributed by atoms with Gasteiger partial charge in [0.05, 0.1) is 18.6 Å². The van der Waals surface area contributed by atoms with Crippen molar-refractivity contribution >= 4 is 11.6 Å². The molecule has 1 aliphatic rings.